The number of nitrogens with two attached hydrogens (primary N) is 1. The van der Waals surface area contributed by atoms with Crippen LogP contribution in [-0.4, -0.2) is 4.98 Å². The summed E-state index contributed by atoms with van der Waals surface area (Å²) in [4.78, 5) is 4.11. The Labute approximate surface area is 79.9 Å². The summed E-state index contributed by atoms with van der Waals surface area (Å²) in [6.07, 6.45) is 6.97. The number of rotatable bonds is 2. The van der Waals surface area contributed by atoms with Crippen LogP contribution in [0.3, 0.4) is 0 Å². The van der Waals surface area contributed by atoms with E-state index in [9.17, 15) is 0 Å². The summed E-state index contributed by atoms with van der Waals surface area (Å²) < 4.78 is 0.841. The van der Waals surface area contributed by atoms with Gasteiger partial charge in [0, 0.05) is 16.9 Å². The molecule has 0 fully saturated rings. The highest BCUT2D eigenvalue weighted by atomic mass is 79.9. The van der Waals surface area contributed by atoms with Crippen molar-refractivity contribution in [2.24, 2.45) is 5.73 Å². The van der Waals surface area contributed by atoms with E-state index < -0.39 is 0 Å². The summed E-state index contributed by atoms with van der Waals surface area (Å²) in [5, 5.41) is 0. The van der Waals surface area contributed by atoms with Gasteiger partial charge >= 0.3 is 0 Å². The summed E-state index contributed by atoms with van der Waals surface area (Å²) in [7, 11) is 0. The molecule has 0 saturated carbocycles. The van der Waals surface area contributed by atoms with Gasteiger partial charge in [-0.15, -0.1) is 0 Å². The third-order valence-electron chi connectivity index (χ3n) is 1.26. The average molecular weight is 225 g/mol. The lowest BCUT2D eigenvalue weighted by Gasteiger charge is -1.89. The molecule has 1 heterocycles. The topological polar surface area (TPSA) is 38.9 Å². The molecule has 0 atom stereocenters. The van der Waals surface area contributed by atoms with Crippen molar-refractivity contribution in [2.75, 3.05) is 0 Å². The van der Waals surface area contributed by atoms with Crippen molar-refractivity contribution >= 4 is 22.0 Å². The molecule has 62 valence electrons. The Morgan fingerprint density at radius 1 is 1.50 bits per heavy atom. The van der Waals surface area contributed by atoms with Crippen LogP contribution >= 0.6 is 15.9 Å². The molecule has 1 aromatic rings. The first-order chi connectivity index (χ1) is 5.83. The molecule has 12 heavy (non-hydrogen) atoms. The van der Waals surface area contributed by atoms with Crippen LogP contribution in [0.5, 0.6) is 0 Å². The molecular formula is C9H9BrN2. The molecule has 0 aromatic carbocycles. The number of nitrogens with zero attached hydrogens (tertiary/aromatic N) is 1. The maximum atomic E-state index is 5.26. The highest BCUT2D eigenvalue weighted by Crippen LogP contribution is 2.06. The Hall–Kier alpha value is -1.09. The van der Waals surface area contributed by atoms with Crippen LogP contribution in [0.2, 0.25) is 0 Å². The number of allylic oxidation sites excluding steroid dienone is 2. The molecule has 0 aliphatic heterocycles. The summed E-state index contributed by atoms with van der Waals surface area (Å²) in [6, 6.07) is 5.74. The Kier molecular flexibility index (Phi) is 3.54. The lowest BCUT2D eigenvalue weighted by Crippen LogP contribution is -1.79. The van der Waals surface area contributed by atoms with E-state index in [-0.39, 0.29) is 0 Å². The zero-order chi connectivity index (χ0) is 8.81. The van der Waals surface area contributed by atoms with Gasteiger partial charge in [0.2, 0.25) is 0 Å². The van der Waals surface area contributed by atoms with E-state index in [0.717, 1.165) is 10.2 Å². The Morgan fingerprint density at radius 3 is 2.92 bits per heavy atom. The van der Waals surface area contributed by atoms with Gasteiger partial charge in [-0.25, -0.2) is 0 Å². The number of pyridine rings is 1. The molecule has 1 rings (SSSR count). The van der Waals surface area contributed by atoms with Crippen molar-refractivity contribution in [3.63, 3.8) is 0 Å². The van der Waals surface area contributed by atoms with Gasteiger partial charge in [-0.1, -0.05) is 6.07 Å². The fourth-order valence-corrected chi connectivity index (χ4v) is 0.827. The molecule has 0 spiro atoms. The highest BCUT2D eigenvalue weighted by Gasteiger charge is 1.84. The van der Waals surface area contributed by atoms with Crippen molar-refractivity contribution in [1.29, 1.82) is 0 Å². The zero-order valence-electron chi connectivity index (χ0n) is 6.44. The number of halogens is 1. The molecule has 0 aliphatic carbocycles. The minimum Gasteiger partial charge on any atom is -0.404 e. The lowest BCUT2D eigenvalue weighted by atomic mass is 10.3. The second-order valence-corrected chi connectivity index (χ2v) is 3.06. The molecule has 0 unspecified atom stereocenters. The number of aromatic nitrogens is 1. The van der Waals surface area contributed by atoms with Gasteiger partial charge in [0.15, 0.2) is 0 Å². The van der Waals surface area contributed by atoms with E-state index >= 15 is 0 Å². The van der Waals surface area contributed by atoms with Crippen LogP contribution in [0, 0.1) is 0 Å². The summed E-state index contributed by atoms with van der Waals surface area (Å²) in [5.41, 5.74) is 6.17. The van der Waals surface area contributed by atoms with Gasteiger partial charge in [-0.05, 0) is 40.2 Å². The van der Waals surface area contributed by atoms with E-state index in [1.165, 1.54) is 6.20 Å². The van der Waals surface area contributed by atoms with Crippen LogP contribution in [0.15, 0.2) is 41.2 Å². The maximum absolute atomic E-state index is 5.26. The minimum atomic E-state index is 0.841. The Balaban J connectivity index is 2.70. The molecule has 0 bridgehead atoms. The second-order valence-electron chi connectivity index (χ2n) is 2.14. The quantitative estimate of drug-likeness (QED) is 0.784. The molecule has 0 radical (unpaired) electrons. The fourth-order valence-electron chi connectivity index (χ4n) is 0.695. The van der Waals surface area contributed by atoms with Crippen molar-refractivity contribution in [3.05, 3.63) is 46.8 Å². The van der Waals surface area contributed by atoms with Gasteiger partial charge in [0.05, 0.1) is 5.69 Å². The highest BCUT2D eigenvalue weighted by molar-refractivity contribution is 9.11. The van der Waals surface area contributed by atoms with Crippen molar-refractivity contribution in [1.82, 2.24) is 4.98 Å². The van der Waals surface area contributed by atoms with E-state index in [1.54, 1.807) is 6.20 Å². The summed E-state index contributed by atoms with van der Waals surface area (Å²) in [6.45, 7) is 0. The number of hydrogen-bond donors (Lipinski definition) is 1. The predicted octanol–water partition coefficient (Wildman–Crippen LogP) is 2.29. The smallest absolute Gasteiger partial charge is 0.0630 e. The van der Waals surface area contributed by atoms with Crippen molar-refractivity contribution in [3.8, 4) is 0 Å². The third-order valence-corrected chi connectivity index (χ3v) is 1.79. The predicted molar refractivity (Wildman–Crippen MR) is 54.5 cm³/mol. The maximum Gasteiger partial charge on any atom is 0.0630 e. The molecule has 0 aliphatic rings. The van der Waals surface area contributed by atoms with Crippen molar-refractivity contribution in [2.45, 2.75) is 0 Å². The normalized spacial score (nSPS) is 12.2. The monoisotopic (exact) mass is 224 g/mol. The minimum absolute atomic E-state index is 0.841. The van der Waals surface area contributed by atoms with Gasteiger partial charge < -0.3 is 5.73 Å². The van der Waals surface area contributed by atoms with Gasteiger partial charge in [0.25, 0.3) is 0 Å². The van der Waals surface area contributed by atoms with Crippen LogP contribution in [0.25, 0.3) is 6.08 Å². The van der Waals surface area contributed by atoms with Gasteiger partial charge in [-0.2, -0.15) is 0 Å². The van der Waals surface area contributed by atoms with E-state index in [4.69, 9.17) is 5.73 Å². The number of hydrogen-bond acceptors (Lipinski definition) is 2. The summed E-state index contributed by atoms with van der Waals surface area (Å²) >= 11 is 3.26. The zero-order valence-corrected chi connectivity index (χ0v) is 8.03. The average Bonchev–Trinajstić information content (AvgIpc) is 2.16. The van der Waals surface area contributed by atoms with E-state index in [1.807, 2.05) is 30.4 Å². The van der Waals surface area contributed by atoms with E-state index in [0.29, 0.717) is 0 Å². The molecule has 0 amide bonds. The summed E-state index contributed by atoms with van der Waals surface area (Å²) in [5.74, 6) is 0. The van der Waals surface area contributed by atoms with Crippen LogP contribution in [0.1, 0.15) is 5.69 Å². The first-order valence-corrected chi connectivity index (χ1v) is 4.29. The second kappa shape index (κ2) is 4.72. The molecule has 3 heteroatoms. The van der Waals surface area contributed by atoms with Crippen LogP contribution < -0.4 is 5.73 Å². The Bertz CT molecular complexity index is 291. The third kappa shape index (κ3) is 2.88. The molecule has 2 N–H and O–H groups in total. The first kappa shape index (κ1) is 9.00. The molecule has 1 aromatic heterocycles. The first-order valence-electron chi connectivity index (χ1n) is 3.49. The molecule has 0 saturated heterocycles. The fraction of sp³-hybridized carbons (Fsp3) is 0. The van der Waals surface area contributed by atoms with E-state index in [2.05, 4.69) is 20.9 Å². The van der Waals surface area contributed by atoms with Gasteiger partial charge in [-0.3, -0.25) is 4.98 Å². The van der Waals surface area contributed by atoms with Crippen molar-refractivity contribution < 1.29 is 0 Å². The molecule has 2 nitrogen and oxygen atoms in total. The standard InChI is InChI=1S/C9H9BrN2/c10-8(7-11)4-5-9-3-1-2-6-12-9/h1-7H,11H2/b5-4+,8-7+. The van der Waals surface area contributed by atoms with Crippen LogP contribution in [0.4, 0.5) is 0 Å². The SMILES string of the molecule is N/C=C(Br)\C=C\c1ccccn1. The van der Waals surface area contributed by atoms with Gasteiger partial charge in [0.1, 0.15) is 0 Å². The Morgan fingerprint density at radius 2 is 2.33 bits per heavy atom. The van der Waals surface area contributed by atoms with Crippen LogP contribution in [-0.2, 0) is 0 Å². The lowest BCUT2D eigenvalue weighted by molar-refractivity contribution is 1.30. The largest absolute Gasteiger partial charge is 0.404 e. The molecular weight excluding hydrogens is 216 g/mol.